The molecule has 1 nitrogen and oxygen atoms in total. The zero-order valence-corrected chi connectivity index (χ0v) is 18.0. The fourth-order valence-electron chi connectivity index (χ4n) is 2.01. The molecule has 0 atom stereocenters. The van der Waals surface area contributed by atoms with E-state index in [1.165, 1.54) is 0 Å². The van der Waals surface area contributed by atoms with Gasteiger partial charge in [-0.05, 0) is 0 Å². The van der Waals surface area contributed by atoms with Gasteiger partial charge in [-0.25, -0.2) is 0 Å². The fraction of sp³-hybridized carbons (Fsp3) is 0.818. The van der Waals surface area contributed by atoms with E-state index in [2.05, 4.69) is 53.3 Å². The molecule has 0 aromatic carbocycles. The third kappa shape index (κ3) is 6.10. The standard InChI is InChI=1S/C5H9N.6CH3.Pb.Sn/c1-4-5-6(2)3;;;;;;;;/h4H,5H2,2-3H3;6*1H3;;. The molecule has 0 aromatic rings. The predicted molar refractivity (Wildman–Crippen MR) is 73.3 cm³/mol. The van der Waals surface area contributed by atoms with Crippen molar-refractivity contribution in [2.45, 2.75) is 28.3 Å². The zero-order chi connectivity index (χ0) is 11.6. The van der Waals surface area contributed by atoms with Gasteiger partial charge in [0.15, 0.2) is 0 Å². The van der Waals surface area contributed by atoms with Crippen LogP contribution < -0.4 is 0 Å². The van der Waals surface area contributed by atoms with Crippen LogP contribution in [0, 0.1) is 0 Å². The van der Waals surface area contributed by atoms with Gasteiger partial charge in [-0.2, -0.15) is 0 Å². The van der Waals surface area contributed by atoms with Gasteiger partial charge in [-0.1, -0.05) is 0 Å². The molecule has 0 aromatic heterocycles. The van der Waals surface area contributed by atoms with E-state index < -0.39 is 39.5 Å². The van der Waals surface area contributed by atoms with E-state index in [1.54, 1.807) is 0 Å². The molecule has 0 aliphatic rings. The van der Waals surface area contributed by atoms with Crippen LogP contribution in [-0.4, -0.2) is 65.1 Å². The first-order valence-electron chi connectivity index (χ1n) is 5.41. The van der Waals surface area contributed by atoms with E-state index in [1.807, 2.05) is 1.15 Å². The van der Waals surface area contributed by atoms with Crippen LogP contribution in [0.4, 0.5) is 0 Å². The summed E-state index contributed by atoms with van der Waals surface area (Å²) >= 11 is -3.70. The molecule has 14 heavy (non-hydrogen) atoms. The van der Waals surface area contributed by atoms with Crippen LogP contribution in [0.1, 0.15) is 0 Å². The summed E-state index contributed by atoms with van der Waals surface area (Å²) < 4.78 is 9.67. The summed E-state index contributed by atoms with van der Waals surface area (Å²) in [6, 6.07) is 0. The van der Waals surface area contributed by atoms with Gasteiger partial charge in [0.25, 0.3) is 0 Å². The van der Waals surface area contributed by atoms with Crippen molar-refractivity contribution in [3.05, 3.63) is 7.22 Å². The number of hydrogen-bond acceptors (Lipinski definition) is 1. The van der Waals surface area contributed by atoms with Crippen molar-refractivity contribution in [2.24, 2.45) is 0 Å². The van der Waals surface area contributed by atoms with Gasteiger partial charge in [0, 0.05) is 0 Å². The topological polar surface area (TPSA) is 3.24 Å². The molecule has 0 spiro atoms. The fourth-order valence-corrected chi connectivity index (χ4v) is 71.9. The molecule has 84 valence electrons. The molecule has 0 unspecified atom stereocenters. The number of hydrogen-bond donors (Lipinski definition) is 0. The number of rotatable bonds is 4. The number of likely N-dealkylation sites (N-methyl/N-ethyl adjacent to an activating group) is 1. The Balaban J connectivity index is 4.84. The normalized spacial score (nSPS) is 15.1. The first kappa shape index (κ1) is 15.4. The van der Waals surface area contributed by atoms with Gasteiger partial charge in [0.1, 0.15) is 0 Å². The Morgan fingerprint density at radius 3 is 1.79 bits per heavy atom. The summed E-state index contributed by atoms with van der Waals surface area (Å²) in [5.74, 6) is 0. The van der Waals surface area contributed by atoms with Gasteiger partial charge in [0.05, 0.1) is 0 Å². The van der Waals surface area contributed by atoms with Gasteiger partial charge in [0.2, 0.25) is 0 Å². The Morgan fingerprint density at radius 1 is 1.14 bits per heavy atom. The summed E-state index contributed by atoms with van der Waals surface area (Å²) in [5, 5.41) is 0. The molecule has 0 rings (SSSR count). The molecule has 0 radical (unpaired) electrons. The summed E-state index contributed by atoms with van der Waals surface area (Å²) in [6.07, 6.45) is 2.57. The molecule has 0 N–H and O–H groups in total. The molecule has 0 amide bonds. The van der Waals surface area contributed by atoms with E-state index in [0.717, 1.165) is 6.54 Å². The predicted octanol–water partition coefficient (Wildman–Crippen LogP) is 3.23. The van der Waals surface area contributed by atoms with E-state index in [0.29, 0.717) is 0 Å². The SMILES string of the molecule is CN(C)C/C=[C](\[Sn]([CH3])([CH3])[CH3])[Pb]([CH3])([CH3])[CH3]. The number of nitrogens with zero attached hydrogens (tertiary/aromatic N) is 1. The quantitative estimate of drug-likeness (QED) is 0.538. The van der Waals surface area contributed by atoms with Crippen LogP contribution in [0.2, 0.25) is 28.3 Å². The van der Waals surface area contributed by atoms with E-state index >= 15 is 0 Å². The minimum atomic E-state index is -1.92. The van der Waals surface area contributed by atoms with Gasteiger partial charge in [-0.15, -0.1) is 0 Å². The van der Waals surface area contributed by atoms with Crippen molar-refractivity contribution in [1.29, 1.82) is 0 Å². The Bertz CT molecular complexity index is 192. The summed E-state index contributed by atoms with van der Waals surface area (Å²) in [5.41, 5.74) is 0. The van der Waals surface area contributed by atoms with E-state index in [4.69, 9.17) is 0 Å². The van der Waals surface area contributed by atoms with Crippen LogP contribution in [-0.2, 0) is 0 Å². The van der Waals surface area contributed by atoms with Crippen molar-refractivity contribution in [2.75, 3.05) is 20.6 Å². The zero-order valence-electron chi connectivity index (χ0n) is 11.2. The summed E-state index contributed by atoms with van der Waals surface area (Å²) in [6.45, 7) is 1.14. The maximum atomic E-state index is 2.57. The Kier molecular flexibility index (Phi) is 6.24. The summed E-state index contributed by atoms with van der Waals surface area (Å²) in [7, 11) is 4.32. The second-order valence-electron chi connectivity index (χ2n) is 6.38. The van der Waals surface area contributed by atoms with Crippen LogP contribution in [0.15, 0.2) is 7.22 Å². The second-order valence-corrected chi connectivity index (χ2v) is 45.9. The molecule has 0 bridgehead atoms. The molecule has 0 heterocycles. The van der Waals surface area contributed by atoms with E-state index in [-0.39, 0.29) is 0 Å². The van der Waals surface area contributed by atoms with Crippen LogP contribution in [0.25, 0.3) is 0 Å². The van der Waals surface area contributed by atoms with Crippen molar-refractivity contribution < 1.29 is 0 Å². The second kappa shape index (κ2) is 5.66. The van der Waals surface area contributed by atoms with Crippen molar-refractivity contribution >= 4 is 39.5 Å². The monoisotopic (exact) mass is 501 g/mol. The summed E-state index contributed by atoms with van der Waals surface area (Å²) in [4.78, 5) is 9.95. The van der Waals surface area contributed by atoms with Crippen LogP contribution in [0.5, 0.6) is 0 Å². The molecular weight excluding hydrogens is 472 g/mol. The average molecular weight is 499 g/mol. The molecule has 0 saturated heterocycles. The van der Waals surface area contributed by atoms with E-state index in [9.17, 15) is 0 Å². The Morgan fingerprint density at radius 2 is 1.57 bits per heavy atom. The molecule has 0 aliphatic carbocycles. The van der Waals surface area contributed by atoms with Gasteiger partial charge in [-0.3, -0.25) is 0 Å². The first-order valence-corrected chi connectivity index (χ1v) is 29.0. The first-order chi connectivity index (χ1) is 6.05. The molecular formula is C11H27NPbSn. The third-order valence-electron chi connectivity index (χ3n) is 2.28. The molecule has 0 aliphatic heterocycles. The Labute approximate surface area is 99.5 Å². The maximum absolute atomic E-state index is 2.57. The average Bonchev–Trinajstić information content (AvgIpc) is 1.78. The Hall–Kier alpha value is 1.42. The van der Waals surface area contributed by atoms with Crippen molar-refractivity contribution in [1.82, 2.24) is 4.90 Å². The van der Waals surface area contributed by atoms with Crippen molar-refractivity contribution in [3.63, 3.8) is 0 Å². The van der Waals surface area contributed by atoms with Crippen LogP contribution in [0.3, 0.4) is 0 Å². The molecule has 3 heteroatoms. The minimum absolute atomic E-state index is 1.14. The van der Waals surface area contributed by atoms with Crippen molar-refractivity contribution in [3.8, 4) is 0 Å². The van der Waals surface area contributed by atoms with Gasteiger partial charge >= 0.3 is 101 Å². The molecule has 0 saturated carbocycles. The third-order valence-corrected chi connectivity index (χ3v) is 52.9. The molecule has 0 fully saturated rings. The van der Waals surface area contributed by atoms with Gasteiger partial charge < -0.3 is 0 Å². The van der Waals surface area contributed by atoms with Crippen LogP contribution >= 0.6 is 0 Å².